The number of nitrogens with one attached hydrogen (secondary N) is 1. The highest BCUT2D eigenvalue weighted by Crippen LogP contribution is 2.47. The molecule has 2 aliphatic heterocycles. The third kappa shape index (κ3) is 3.22. The van der Waals surface area contributed by atoms with Gasteiger partial charge in [-0.1, -0.05) is 0 Å². The lowest BCUT2D eigenvalue weighted by Gasteiger charge is -2.29. The molecule has 2 aliphatic rings. The molecule has 1 amide bonds. The Bertz CT molecular complexity index is 921. The zero-order valence-corrected chi connectivity index (χ0v) is 17.3. The Balaban J connectivity index is 1.77. The van der Waals surface area contributed by atoms with Crippen LogP contribution in [0.3, 0.4) is 0 Å². The van der Waals surface area contributed by atoms with Crippen LogP contribution in [-0.4, -0.2) is 54.3 Å². The Labute approximate surface area is 170 Å². The molecule has 0 bridgehead atoms. The monoisotopic (exact) mass is 397 g/mol. The van der Waals surface area contributed by atoms with Crippen LogP contribution < -0.4 is 15.1 Å². The number of morpholine rings is 1. The summed E-state index contributed by atoms with van der Waals surface area (Å²) in [5.41, 5.74) is 1.81. The van der Waals surface area contributed by atoms with Crippen molar-refractivity contribution in [2.24, 2.45) is 0 Å². The molecule has 154 valence electrons. The maximum Gasteiger partial charge on any atom is 0.243 e. The average molecular weight is 397 g/mol. The Morgan fingerprint density at radius 2 is 1.76 bits per heavy atom. The molecule has 1 atom stereocenters. The summed E-state index contributed by atoms with van der Waals surface area (Å²) in [4.78, 5) is 26.2. The first kappa shape index (κ1) is 19.6. The molecule has 1 fully saturated rings. The molecule has 0 saturated carbocycles. The Kier molecular flexibility index (Phi) is 4.92. The number of amides is 1. The molecule has 1 aromatic heterocycles. The van der Waals surface area contributed by atoms with E-state index >= 15 is 0 Å². The second kappa shape index (κ2) is 7.27. The van der Waals surface area contributed by atoms with Crippen molar-refractivity contribution in [3.05, 3.63) is 35.7 Å². The molecule has 0 spiro atoms. The van der Waals surface area contributed by atoms with E-state index in [1.54, 1.807) is 18.9 Å². The van der Waals surface area contributed by atoms with Gasteiger partial charge in [0.15, 0.2) is 5.82 Å². The van der Waals surface area contributed by atoms with Gasteiger partial charge in [0, 0.05) is 25.8 Å². The molecule has 2 N–H and O–H groups in total. The van der Waals surface area contributed by atoms with Crippen LogP contribution in [0.4, 0.5) is 23.0 Å². The number of anilines is 4. The molecule has 0 aliphatic carbocycles. The van der Waals surface area contributed by atoms with Crippen LogP contribution in [0.1, 0.15) is 38.3 Å². The van der Waals surface area contributed by atoms with Crippen LogP contribution >= 0.6 is 0 Å². The van der Waals surface area contributed by atoms with Crippen molar-refractivity contribution in [3.8, 4) is 0 Å². The number of ether oxygens (including phenoxy) is 1. The molecule has 0 radical (unpaired) electrons. The normalized spacial score (nSPS) is 19.3. The summed E-state index contributed by atoms with van der Waals surface area (Å²) in [5.74, 6) is 1.31. The van der Waals surface area contributed by atoms with Gasteiger partial charge in [-0.15, -0.1) is 0 Å². The lowest BCUT2D eigenvalue weighted by atomic mass is 9.87. The van der Waals surface area contributed by atoms with Crippen LogP contribution in [0.2, 0.25) is 0 Å². The van der Waals surface area contributed by atoms with E-state index in [9.17, 15) is 9.90 Å². The minimum atomic E-state index is -0.836. The number of benzene rings is 1. The van der Waals surface area contributed by atoms with Gasteiger partial charge < -0.3 is 20.1 Å². The van der Waals surface area contributed by atoms with E-state index in [1.807, 2.05) is 38.1 Å². The fourth-order valence-electron chi connectivity index (χ4n) is 3.93. The molecular weight excluding hydrogens is 370 g/mol. The molecule has 29 heavy (non-hydrogen) atoms. The van der Waals surface area contributed by atoms with Crippen LogP contribution in [0.15, 0.2) is 24.3 Å². The number of fused-ring (bicyclic) bond motifs is 1. The van der Waals surface area contributed by atoms with Crippen LogP contribution in [0.25, 0.3) is 0 Å². The number of aliphatic hydroxyl groups is 1. The summed E-state index contributed by atoms with van der Waals surface area (Å²) in [6, 6.07) is 7.93. The highest BCUT2D eigenvalue weighted by molar-refractivity contribution is 6.12. The van der Waals surface area contributed by atoms with Gasteiger partial charge in [0.05, 0.1) is 29.9 Å². The smallest absolute Gasteiger partial charge is 0.243 e. The summed E-state index contributed by atoms with van der Waals surface area (Å²) in [5, 5.41) is 13.1. The van der Waals surface area contributed by atoms with E-state index in [0.29, 0.717) is 11.6 Å². The van der Waals surface area contributed by atoms with Crippen molar-refractivity contribution >= 4 is 28.9 Å². The van der Waals surface area contributed by atoms with Crippen molar-refractivity contribution < 1.29 is 14.6 Å². The van der Waals surface area contributed by atoms with Gasteiger partial charge >= 0.3 is 0 Å². The predicted octanol–water partition coefficient (Wildman–Crippen LogP) is 2.36. The SMILES string of the molecule is CNc1nc(C(C)O)nc2c1C(C)(C)C(=O)N2c1ccc(N2CCOCC2)cc1. The second-order valence-corrected chi connectivity index (χ2v) is 7.94. The molecule has 8 heteroatoms. The van der Waals surface area contributed by atoms with Crippen molar-refractivity contribution in [2.75, 3.05) is 48.5 Å². The van der Waals surface area contributed by atoms with E-state index in [1.165, 1.54) is 0 Å². The molecule has 8 nitrogen and oxygen atoms in total. The van der Waals surface area contributed by atoms with Crippen molar-refractivity contribution in [1.82, 2.24) is 9.97 Å². The van der Waals surface area contributed by atoms with Gasteiger partial charge in [-0.25, -0.2) is 9.97 Å². The highest BCUT2D eigenvalue weighted by Gasteiger charge is 2.48. The van der Waals surface area contributed by atoms with E-state index in [4.69, 9.17) is 4.74 Å². The van der Waals surface area contributed by atoms with Crippen LogP contribution in [-0.2, 0) is 14.9 Å². The Hall–Kier alpha value is -2.71. The molecular formula is C21H27N5O3. The van der Waals surface area contributed by atoms with Gasteiger partial charge in [-0.2, -0.15) is 0 Å². The van der Waals surface area contributed by atoms with Crippen molar-refractivity contribution in [3.63, 3.8) is 0 Å². The summed E-state index contributed by atoms with van der Waals surface area (Å²) in [6.07, 6.45) is -0.836. The van der Waals surface area contributed by atoms with Crippen molar-refractivity contribution in [2.45, 2.75) is 32.3 Å². The number of nitrogens with zero attached hydrogens (tertiary/aromatic N) is 4. The summed E-state index contributed by atoms with van der Waals surface area (Å²) in [7, 11) is 1.76. The molecule has 1 aromatic carbocycles. The van der Waals surface area contributed by atoms with Gasteiger partial charge in [-0.3, -0.25) is 9.69 Å². The van der Waals surface area contributed by atoms with Crippen LogP contribution in [0, 0.1) is 0 Å². The Morgan fingerprint density at radius 3 is 2.34 bits per heavy atom. The number of carbonyl (C=O) groups excluding carboxylic acids is 1. The summed E-state index contributed by atoms with van der Waals surface area (Å²) >= 11 is 0. The van der Waals surface area contributed by atoms with E-state index in [2.05, 4.69) is 20.2 Å². The summed E-state index contributed by atoms with van der Waals surface area (Å²) < 4.78 is 5.42. The van der Waals surface area contributed by atoms with E-state index in [0.717, 1.165) is 43.2 Å². The molecule has 3 heterocycles. The lowest BCUT2D eigenvalue weighted by Crippen LogP contribution is -2.36. The zero-order valence-electron chi connectivity index (χ0n) is 17.3. The number of aromatic nitrogens is 2. The number of hydrogen-bond acceptors (Lipinski definition) is 7. The summed E-state index contributed by atoms with van der Waals surface area (Å²) in [6.45, 7) is 8.53. The maximum absolute atomic E-state index is 13.4. The fraction of sp³-hybridized carbons (Fsp3) is 0.476. The Morgan fingerprint density at radius 1 is 1.14 bits per heavy atom. The standard InChI is InChI=1S/C21H27N5O3/c1-13(27)17-23-18(22-4)16-19(24-17)26(20(28)21(16,2)3)15-7-5-14(6-8-15)25-9-11-29-12-10-25/h5-8,13,27H,9-12H2,1-4H3,(H,22,23,24). The minimum absolute atomic E-state index is 0.0693. The largest absolute Gasteiger partial charge is 0.385 e. The second-order valence-electron chi connectivity index (χ2n) is 7.94. The average Bonchev–Trinajstić information content (AvgIpc) is 2.94. The molecule has 2 aromatic rings. The van der Waals surface area contributed by atoms with Crippen molar-refractivity contribution in [1.29, 1.82) is 0 Å². The van der Waals surface area contributed by atoms with E-state index in [-0.39, 0.29) is 11.7 Å². The molecule has 1 unspecified atom stereocenters. The minimum Gasteiger partial charge on any atom is -0.385 e. The third-order valence-corrected chi connectivity index (χ3v) is 5.58. The van der Waals surface area contributed by atoms with Gasteiger partial charge in [0.25, 0.3) is 0 Å². The number of rotatable bonds is 4. The fourth-order valence-corrected chi connectivity index (χ4v) is 3.93. The van der Waals surface area contributed by atoms with Gasteiger partial charge in [-0.05, 0) is 45.0 Å². The first-order valence-electron chi connectivity index (χ1n) is 9.90. The molecule has 4 rings (SSSR count). The quantitative estimate of drug-likeness (QED) is 0.818. The predicted molar refractivity (Wildman–Crippen MR) is 112 cm³/mol. The topological polar surface area (TPSA) is 90.8 Å². The lowest BCUT2D eigenvalue weighted by molar-refractivity contribution is -0.121. The van der Waals surface area contributed by atoms with E-state index < -0.39 is 11.5 Å². The number of aliphatic hydroxyl groups excluding tert-OH is 1. The van der Waals surface area contributed by atoms with Crippen LogP contribution in [0.5, 0.6) is 0 Å². The van der Waals surface area contributed by atoms with Gasteiger partial charge in [0.2, 0.25) is 5.91 Å². The number of hydrogen-bond donors (Lipinski definition) is 2. The number of carbonyl (C=O) groups is 1. The zero-order chi connectivity index (χ0) is 20.8. The van der Waals surface area contributed by atoms with Gasteiger partial charge in [0.1, 0.15) is 17.7 Å². The first-order chi connectivity index (χ1) is 13.8. The first-order valence-corrected chi connectivity index (χ1v) is 9.90. The third-order valence-electron chi connectivity index (χ3n) is 5.58. The maximum atomic E-state index is 13.4. The highest BCUT2D eigenvalue weighted by atomic mass is 16.5. The molecule has 1 saturated heterocycles.